The fourth-order valence-corrected chi connectivity index (χ4v) is 5.38. The van der Waals surface area contributed by atoms with Gasteiger partial charge in [0.05, 0.1) is 17.4 Å². The van der Waals surface area contributed by atoms with Gasteiger partial charge in [-0.25, -0.2) is 9.78 Å². The van der Waals surface area contributed by atoms with Crippen LogP contribution in [0.3, 0.4) is 0 Å². The number of hydrogen-bond acceptors (Lipinski definition) is 4. The topological polar surface area (TPSA) is 101 Å². The summed E-state index contributed by atoms with van der Waals surface area (Å²) in [6.45, 7) is 9.20. The second kappa shape index (κ2) is 8.38. The number of likely N-dealkylation sites (tertiary alicyclic amines) is 1. The quantitative estimate of drug-likeness (QED) is 0.737. The van der Waals surface area contributed by atoms with Gasteiger partial charge in [0.1, 0.15) is 0 Å². The Hall–Kier alpha value is -2.62. The molecular weight excluding hydrogens is 425 g/mol. The normalized spacial score (nSPS) is 24.2. The minimum atomic E-state index is -5.08. The third-order valence-corrected chi connectivity index (χ3v) is 6.16. The third-order valence-electron chi connectivity index (χ3n) is 6.16. The van der Waals surface area contributed by atoms with Crippen LogP contribution in [0.25, 0.3) is 11.0 Å². The average molecular weight is 454 g/mol. The number of carbonyl (C=O) groups is 2. The van der Waals surface area contributed by atoms with Crippen LogP contribution in [-0.2, 0) is 11.3 Å². The zero-order valence-corrected chi connectivity index (χ0v) is 18.4. The number of amides is 1. The van der Waals surface area contributed by atoms with Gasteiger partial charge in [-0.15, -0.1) is 0 Å². The molecule has 3 N–H and O–H groups in total. The first-order valence-electron chi connectivity index (χ1n) is 10.5. The molecule has 4 rings (SSSR count). The van der Waals surface area contributed by atoms with Crippen LogP contribution in [0.15, 0.2) is 24.5 Å². The summed E-state index contributed by atoms with van der Waals surface area (Å²) in [5.74, 6) is -2.60. The van der Waals surface area contributed by atoms with Gasteiger partial charge in [0.15, 0.2) is 0 Å². The van der Waals surface area contributed by atoms with Gasteiger partial charge in [0.25, 0.3) is 5.91 Å². The Morgan fingerprint density at radius 1 is 1.25 bits per heavy atom. The summed E-state index contributed by atoms with van der Waals surface area (Å²) < 4.78 is 33.8. The summed E-state index contributed by atoms with van der Waals surface area (Å²) in [6, 6.07) is 6.24. The van der Waals surface area contributed by atoms with Crippen LogP contribution in [-0.4, -0.2) is 56.7 Å². The number of halogens is 3. The van der Waals surface area contributed by atoms with Crippen molar-refractivity contribution in [2.24, 2.45) is 16.6 Å². The van der Waals surface area contributed by atoms with Crippen molar-refractivity contribution in [1.82, 2.24) is 14.5 Å². The van der Waals surface area contributed by atoms with E-state index < -0.39 is 12.1 Å². The highest BCUT2D eigenvalue weighted by Gasteiger charge is 2.51. The number of hydrogen-bond donors (Lipinski definition) is 2. The van der Waals surface area contributed by atoms with Crippen LogP contribution in [0.1, 0.15) is 50.4 Å². The van der Waals surface area contributed by atoms with Gasteiger partial charge in [-0.1, -0.05) is 20.8 Å². The fourth-order valence-electron chi connectivity index (χ4n) is 5.38. The fraction of sp³-hybridized carbons (Fsp3) is 0.591. The largest absolute Gasteiger partial charge is 0.490 e. The van der Waals surface area contributed by atoms with E-state index in [1.165, 1.54) is 6.42 Å². The number of benzene rings is 1. The maximum atomic E-state index is 13.2. The number of aromatic nitrogens is 2. The molecule has 1 aliphatic heterocycles. The first kappa shape index (κ1) is 24.0. The molecule has 2 atom stereocenters. The summed E-state index contributed by atoms with van der Waals surface area (Å²) >= 11 is 0. The van der Waals surface area contributed by atoms with Gasteiger partial charge in [-0.3, -0.25) is 4.79 Å². The maximum absolute atomic E-state index is 13.2. The number of fused-ring (bicyclic) bond motifs is 3. The lowest BCUT2D eigenvalue weighted by atomic mass is 9.65. The van der Waals surface area contributed by atoms with E-state index in [-0.39, 0.29) is 11.3 Å². The predicted octanol–water partition coefficient (Wildman–Crippen LogP) is 3.67. The number of alkyl halides is 3. The molecule has 2 aliphatic rings. The molecule has 2 unspecified atom stereocenters. The van der Waals surface area contributed by atoms with Crippen molar-refractivity contribution >= 4 is 22.9 Å². The van der Waals surface area contributed by atoms with Crippen LogP contribution in [0.5, 0.6) is 0 Å². The SMILES string of the molecule is CC1(C)CC2CC(C)(CN2C(=O)c2ccc3c(c2)ncn3CCN)C1.O=C(O)C(F)(F)F. The standard InChI is InChI=1S/C20H28N4O.C2HF3O2/c1-19(2)9-15-10-20(3,11-19)12-24(15)18(25)14-4-5-17-16(8-14)22-13-23(17)7-6-21;3-2(4,5)1(6)7/h4-5,8,13,15H,6-7,9-12,21H2,1-3H3;(H,6,7). The number of rotatable bonds is 3. The molecule has 7 nitrogen and oxygen atoms in total. The number of carbonyl (C=O) groups excluding carboxylic acids is 1. The van der Waals surface area contributed by atoms with E-state index >= 15 is 0 Å². The highest BCUT2D eigenvalue weighted by atomic mass is 19.4. The van der Waals surface area contributed by atoms with Crippen LogP contribution in [0.4, 0.5) is 13.2 Å². The molecule has 2 heterocycles. The molecule has 1 aromatic heterocycles. The summed E-state index contributed by atoms with van der Waals surface area (Å²) in [5.41, 5.74) is 8.88. The Morgan fingerprint density at radius 3 is 2.50 bits per heavy atom. The molecule has 10 heteroatoms. The maximum Gasteiger partial charge on any atom is 0.490 e. The zero-order valence-electron chi connectivity index (χ0n) is 18.4. The molecule has 1 aliphatic carbocycles. The van der Waals surface area contributed by atoms with Gasteiger partial charge in [-0.2, -0.15) is 13.2 Å². The second-order valence-electron chi connectivity index (χ2n) is 9.88. The van der Waals surface area contributed by atoms with E-state index in [9.17, 15) is 18.0 Å². The smallest absolute Gasteiger partial charge is 0.475 e. The third kappa shape index (κ3) is 5.06. The molecule has 1 amide bonds. The Labute approximate surface area is 184 Å². The van der Waals surface area contributed by atoms with E-state index in [4.69, 9.17) is 15.6 Å². The first-order valence-corrected chi connectivity index (χ1v) is 10.5. The molecule has 176 valence electrons. The molecule has 0 radical (unpaired) electrons. The van der Waals surface area contributed by atoms with Crippen LogP contribution >= 0.6 is 0 Å². The van der Waals surface area contributed by atoms with Crippen molar-refractivity contribution in [2.75, 3.05) is 13.1 Å². The number of imidazole rings is 1. The Kier molecular flexibility index (Phi) is 6.29. The average Bonchev–Trinajstić information content (AvgIpc) is 3.17. The van der Waals surface area contributed by atoms with Crippen molar-refractivity contribution in [3.63, 3.8) is 0 Å². The van der Waals surface area contributed by atoms with Gasteiger partial charge < -0.3 is 20.3 Å². The Morgan fingerprint density at radius 2 is 1.91 bits per heavy atom. The molecule has 1 saturated carbocycles. The highest BCUT2D eigenvalue weighted by molar-refractivity contribution is 5.97. The van der Waals surface area contributed by atoms with Gasteiger partial charge in [0.2, 0.25) is 0 Å². The Balaban J connectivity index is 0.000000360. The molecule has 0 spiro atoms. The summed E-state index contributed by atoms with van der Waals surface area (Å²) in [7, 11) is 0. The molecule has 2 bridgehead atoms. The minimum absolute atomic E-state index is 0.154. The van der Waals surface area contributed by atoms with Gasteiger partial charge >= 0.3 is 12.1 Å². The lowest BCUT2D eigenvalue weighted by molar-refractivity contribution is -0.192. The van der Waals surface area contributed by atoms with Gasteiger partial charge in [-0.05, 0) is 48.3 Å². The number of carboxylic acid groups (broad SMARTS) is 1. The predicted molar refractivity (Wildman–Crippen MR) is 113 cm³/mol. The summed E-state index contributed by atoms with van der Waals surface area (Å²) in [6.07, 6.45) is 0.151. The minimum Gasteiger partial charge on any atom is -0.475 e. The molecule has 1 saturated heterocycles. The molecule has 1 aromatic carbocycles. The zero-order chi connectivity index (χ0) is 23.9. The van der Waals surface area contributed by atoms with E-state index in [2.05, 4.69) is 30.7 Å². The molecule has 2 aromatic rings. The number of nitrogens with two attached hydrogens (primary N) is 1. The first-order chi connectivity index (χ1) is 14.7. The number of carboxylic acids is 1. The summed E-state index contributed by atoms with van der Waals surface area (Å²) in [5, 5.41) is 7.12. The van der Waals surface area contributed by atoms with Crippen LogP contribution in [0.2, 0.25) is 0 Å². The van der Waals surface area contributed by atoms with Crippen molar-refractivity contribution in [3.05, 3.63) is 30.1 Å². The number of nitrogens with zero attached hydrogens (tertiary/aromatic N) is 3. The van der Waals surface area contributed by atoms with E-state index in [1.54, 1.807) is 6.33 Å². The molecule has 32 heavy (non-hydrogen) atoms. The van der Waals surface area contributed by atoms with E-state index in [1.807, 2.05) is 22.8 Å². The van der Waals surface area contributed by atoms with Crippen molar-refractivity contribution in [1.29, 1.82) is 0 Å². The van der Waals surface area contributed by atoms with E-state index in [0.29, 0.717) is 18.0 Å². The second-order valence-corrected chi connectivity index (χ2v) is 9.88. The molecule has 2 fully saturated rings. The van der Waals surface area contributed by atoms with Crippen LogP contribution in [0, 0.1) is 10.8 Å². The Bertz CT molecular complexity index is 1020. The lowest BCUT2D eigenvalue weighted by Gasteiger charge is -2.39. The van der Waals surface area contributed by atoms with Gasteiger partial charge in [0, 0.05) is 31.2 Å². The van der Waals surface area contributed by atoms with E-state index in [0.717, 1.165) is 42.5 Å². The molecular formula is C22H29F3N4O3. The van der Waals surface area contributed by atoms with Crippen molar-refractivity contribution in [2.45, 2.75) is 58.8 Å². The monoisotopic (exact) mass is 454 g/mol. The summed E-state index contributed by atoms with van der Waals surface area (Å²) in [4.78, 5) is 28.7. The highest BCUT2D eigenvalue weighted by Crippen LogP contribution is 2.52. The van der Waals surface area contributed by atoms with Crippen molar-refractivity contribution in [3.8, 4) is 0 Å². The number of aliphatic carboxylic acids is 1. The van der Waals surface area contributed by atoms with Crippen molar-refractivity contribution < 1.29 is 27.9 Å². The lowest BCUT2D eigenvalue weighted by Crippen LogP contribution is -2.37. The van der Waals surface area contributed by atoms with Crippen LogP contribution < -0.4 is 5.73 Å².